The smallest absolute Gasteiger partial charge is 0.348 e. The number of hydrogen-bond acceptors (Lipinski definition) is 2. The Morgan fingerprint density at radius 2 is 1.57 bits per heavy atom. The normalized spacial score (nSPS) is 20.4. The number of ether oxygens (including phenoxy) is 2. The summed E-state index contributed by atoms with van der Waals surface area (Å²) in [6, 6.07) is 8.09. The van der Waals surface area contributed by atoms with Crippen molar-refractivity contribution in [2.45, 2.75) is 32.2 Å². The highest BCUT2D eigenvalue weighted by Gasteiger charge is 2.28. The molecule has 2 aromatic carbocycles. The SMILES string of the molecule is CCCC1COC(c2ccc(-c3cc(F)c(C(F)=CC(F)(F)F)c(F)c3)cc2)OC1. The molecule has 3 rings (SSSR count). The van der Waals surface area contributed by atoms with Crippen LogP contribution < -0.4 is 0 Å². The first-order valence-corrected chi connectivity index (χ1v) is 9.46. The van der Waals surface area contributed by atoms with Crippen LogP contribution in [0.1, 0.15) is 37.2 Å². The van der Waals surface area contributed by atoms with E-state index in [1.807, 2.05) is 0 Å². The highest BCUT2D eigenvalue weighted by atomic mass is 19.4. The molecule has 1 heterocycles. The largest absolute Gasteiger partial charge is 0.412 e. The van der Waals surface area contributed by atoms with Crippen LogP contribution in [-0.4, -0.2) is 19.4 Å². The molecule has 0 aliphatic carbocycles. The fourth-order valence-corrected chi connectivity index (χ4v) is 3.33. The third-order valence-corrected chi connectivity index (χ3v) is 4.75. The second-order valence-electron chi connectivity index (χ2n) is 7.12. The van der Waals surface area contributed by atoms with Gasteiger partial charge in [-0.25, -0.2) is 13.2 Å². The maximum atomic E-state index is 14.2. The van der Waals surface area contributed by atoms with Crippen LogP contribution in [0.5, 0.6) is 0 Å². The Bertz CT molecular complexity index is 874. The van der Waals surface area contributed by atoms with E-state index in [9.17, 15) is 26.3 Å². The number of alkyl halides is 3. The van der Waals surface area contributed by atoms with Crippen LogP contribution in [0.4, 0.5) is 26.3 Å². The summed E-state index contributed by atoms with van der Waals surface area (Å²) in [4.78, 5) is 0. The van der Waals surface area contributed by atoms with Gasteiger partial charge in [0.1, 0.15) is 17.5 Å². The van der Waals surface area contributed by atoms with Gasteiger partial charge in [-0.1, -0.05) is 37.6 Å². The van der Waals surface area contributed by atoms with Crippen molar-refractivity contribution >= 4 is 5.83 Å². The van der Waals surface area contributed by atoms with Gasteiger partial charge in [0.15, 0.2) is 6.29 Å². The molecular weight excluding hydrogens is 410 g/mol. The average molecular weight is 430 g/mol. The summed E-state index contributed by atoms with van der Waals surface area (Å²) in [6.45, 7) is 3.24. The van der Waals surface area contributed by atoms with Gasteiger partial charge in [0, 0.05) is 11.5 Å². The Balaban J connectivity index is 1.78. The fourth-order valence-electron chi connectivity index (χ4n) is 3.33. The van der Waals surface area contributed by atoms with Crippen molar-refractivity contribution in [1.29, 1.82) is 0 Å². The van der Waals surface area contributed by atoms with Crippen molar-refractivity contribution in [1.82, 2.24) is 0 Å². The quantitative estimate of drug-likeness (QED) is 0.477. The molecule has 0 bridgehead atoms. The minimum Gasteiger partial charge on any atom is -0.348 e. The first-order valence-electron chi connectivity index (χ1n) is 9.46. The molecule has 1 saturated heterocycles. The van der Waals surface area contributed by atoms with E-state index in [0.717, 1.165) is 30.5 Å². The number of halogens is 6. The van der Waals surface area contributed by atoms with E-state index in [1.54, 1.807) is 24.3 Å². The predicted molar refractivity (Wildman–Crippen MR) is 100.0 cm³/mol. The highest BCUT2D eigenvalue weighted by Crippen LogP contribution is 2.33. The first-order chi connectivity index (χ1) is 14.2. The standard InChI is InChI=1S/C22H20F6O2/c1-2-3-13-11-29-21(30-12-13)15-6-4-14(5-7-15)16-8-17(23)20(18(24)9-16)19(25)10-22(26,27)28/h4-10,13,21H,2-3,11-12H2,1H3. The summed E-state index contributed by atoms with van der Waals surface area (Å²) in [7, 11) is 0. The first kappa shape index (κ1) is 22.4. The number of rotatable bonds is 5. The number of allylic oxidation sites excluding steroid dienone is 1. The summed E-state index contributed by atoms with van der Waals surface area (Å²) >= 11 is 0. The second-order valence-corrected chi connectivity index (χ2v) is 7.12. The Morgan fingerprint density at radius 1 is 1.00 bits per heavy atom. The molecule has 0 N–H and O–H groups in total. The molecule has 1 aliphatic rings. The summed E-state index contributed by atoms with van der Waals surface area (Å²) in [5.41, 5.74) is -0.152. The number of hydrogen-bond donors (Lipinski definition) is 0. The lowest BCUT2D eigenvalue weighted by molar-refractivity contribution is -0.206. The van der Waals surface area contributed by atoms with Crippen molar-refractivity contribution in [2.75, 3.05) is 13.2 Å². The van der Waals surface area contributed by atoms with Gasteiger partial charge in [0.2, 0.25) is 0 Å². The van der Waals surface area contributed by atoms with Crippen LogP contribution in [0, 0.1) is 17.6 Å². The number of benzene rings is 2. The second kappa shape index (κ2) is 9.22. The molecule has 0 spiro atoms. The third kappa shape index (κ3) is 5.43. The van der Waals surface area contributed by atoms with Gasteiger partial charge in [-0.15, -0.1) is 0 Å². The molecule has 1 aliphatic heterocycles. The van der Waals surface area contributed by atoms with E-state index in [-0.39, 0.29) is 5.56 Å². The minimum absolute atomic E-state index is 0.0635. The molecule has 0 unspecified atom stereocenters. The third-order valence-electron chi connectivity index (χ3n) is 4.75. The van der Waals surface area contributed by atoms with Crippen molar-refractivity contribution in [3.63, 3.8) is 0 Å². The van der Waals surface area contributed by atoms with Crippen LogP contribution in [0.25, 0.3) is 17.0 Å². The van der Waals surface area contributed by atoms with E-state index in [0.29, 0.717) is 24.7 Å². The summed E-state index contributed by atoms with van der Waals surface area (Å²) in [5.74, 6) is -4.52. The lowest BCUT2D eigenvalue weighted by Crippen LogP contribution is -2.26. The van der Waals surface area contributed by atoms with E-state index in [4.69, 9.17) is 9.47 Å². The van der Waals surface area contributed by atoms with E-state index >= 15 is 0 Å². The van der Waals surface area contributed by atoms with Gasteiger partial charge >= 0.3 is 6.18 Å². The monoisotopic (exact) mass is 430 g/mol. The van der Waals surface area contributed by atoms with Crippen LogP contribution in [-0.2, 0) is 9.47 Å². The maximum Gasteiger partial charge on any atom is 0.412 e. The Hall–Kier alpha value is -2.32. The molecule has 0 aromatic heterocycles. The van der Waals surface area contributed by atoms with Crippen LogP contribution in [0.15, 0.2) is 42.5 Å². The molecule has 8 heteroatoms. The van der Waals surface area contributed by atoms with Gasteiger partial charge in [0.25, 0.3) is 0 Å². The molecule has 2 aromatic rings. The van der Waals surface area contributed by atoms with Crippen molar-refractivity contribution in [3.8, 4) is 11.1 Å². The van der Waals surface area contributed by atoms with Crippen molar-refractivity contribution in [3.05, 3.63) is 65.2 Å². The van der Waals surface area contributed by atoms with Gasteiger partial charge in [-0.3, -0.25) is 0 Å². The molecule has 1 fully saturated rings. The van der Waals surface area contributed by atoms with Crippen LogP contribution >= 0.6 is 0 Å². The molecule has 0 radical (unpaired) electrons. The molecule has 2 nitrogen and oxygen atoms in total. The fraction of sp³-hybridized carbons (Fsp3) is 0.364. The molecule has 0 amide bonds. The van der Waals surface area contributed by atoms with E-state index in [2.05, 4.69) is 6.92 Å². The van der Waals surface area contributed by atoms with Gasteiger partial charge in [-0.05, 0) is 29.7 Å². The summed E-state index contributed by atoms with van der Waals surface area (Å²) in [5, 5.41) is 0. The highest BCUT2D eigenvalue weighted by molar-refractivity contribution is 5.69. The maximum absolute atomic E-state index is 14.2. The topological polar surface area (TPSA) is 18.5 Å². The zero-order chi connectivity index (χ0) is 21.9. The van der Waals surface area contributed by atoms with E-state index in [1.165, 1.54) is 0 Å². The van der Waals surface area contributed by atoms with Gasteiger partial charge < -0.3 is 9.47 Å². The van der Waals surface area contributed by atoms with Crippen molar-refractivity contribution in [2.24, 2.45) is 5.92 Å². The molecule has 0 atom stereocenters. The van der Waals surface area contributed by atoms with Gasteiger partial charge in [-0.2, -0.15) is 13.2 Å². The zero-order valence-electron chi connectivity index (χ0n) is 16.1. The van der Waals surface area contributed by atoms with Crippen molar-refractivity contribution < 1.29 is 35.8 Å². The van der Waals surface area contributed by atoms with Crippen LogP contribution in [0.2, 0.25) is 0 Å². The zero-order valence-corrected chi connectivity index (χ0v) is 16.1. The Morgan fingerprint density at radius 3 is 2.07 bits per heavy atom. The molecular formula is C22H20F6O2. The average Bonchev–Trinajstić information content (AvgIpc) is 2.67. The predicted octanol–water partition coefficient (Wildman–Crippen LogP) is 6.97. The van der Waals surface area contributed by atoms with Gasteiger partial charge in [0.05, 0.1) is 24.9 Å². The molecule has 30 heavy (non-hydrogen) atoms. The molecule has 162 valence electrons. The van der Waals surface area contributed by atoms with E-state index < -0.39 is 41.6 Å². The Labute approximate surface area is 170 Å². The van der Waals surface area contributed by atoms with Crippen LogP contribution in [0.3, 0.4) is 0 Å². The molecule has 0 saturated carbocycles. The lowest BCUT2D eigenvalue weighted by Gasteiger charge is -2.29. The Kier molecular flexibility index (Phi) is 6.88. The lowest BCUT2D eigenvalue weighted by atomic mass is 10.0. The minimum atomic E-state index is -5.03. The summed E-state index contributed by atoms with van der Waals surface area (Å²) < 4.78 is 90.2. The summed E-state index contributed by atoms with van der Waals surface area (Å²) in [6.07, 6.45) is -4.30.